The molecule has 1 atom stereocenters. The van der Waals surface area contributed by atoms with E-state index in [1.807, 2.05) is 6.92 Å². The second kappa shape index (κ2) is 15.3. The summed E-state index contributed by atoms with van der Waals surface area (Å²) < 4.78 is 10.8. The largest absolute Gasteiger partial charge is 0.490 e. The second-order valence-electron chi connectivity index (χ2n) is 7.81. The van der Waals surface area contributed by atoms with E-state index in [4.69, 9.17) is 19.9 Å². The highest BCUT2D eigenvalue weighted by Crippen LogP contribution is 2.24. The molecule has 0 fully saturated rings. The van der Waals surface area contributed by atoms with Gasteiger partial charge in [0.05, 0.1) is 30.7 Å². The van der Waals surface area contributed by atoms with E-state index in [1.54, 1.807) is 26.0 Å². The summed E-state index contributed by atoms with van der Waals surface area (Å²) in [5, 5.41) is 29.6. The third-order valence-electron chi connectivity index (χ3n) is 4.56. The molecule has 0 aromatic heterocycles. The number of Topliss-reactive ketones (excluding diaryl/α,β-unsaturated/α-hetero) is 1. The van der Waals surface area contributed by atoms with Gasteiger partial charge in [-0.2, -0.15) is 0 Å². The average Bonchev–Trinajstić information content (AvgIpc) is 2.75. The van der Waals surface area contributed by atoms with Gasteiger partial charge in [-0.1, -0.05) is 6.92 Å². The Bertz CT molecular complexity index is 802. The predicted octanol–water partition coefficient (Wildman–Crippen LogP) is 1.63. The van der Waals surface area contributed by atoms with Crippen LogP contribution in [0.25, 0.3) is 0 Å². The number of carbonyl (C=O) groups is 3. The van der Waals surface area contributed by atoms with Gasteiger partial charge in [0, 0.05) is 18.2 Å². The zero-order valence-corrected chi connectivity index (χ0v) is 20.0. The number of aliphatic hydroxyl groups excluding tert-OH is 1. The average molecular weight is 486 g/mol. The Balaban J connectivity index is 2.67. The Morgan fingerprint density at radius 2 is 1.85 bits per heavy atom. The Morgan fingerprint density at radius 1 is 1.15 bits per heavy atom. The third-order valence-corrected chi connectivity index (χ3v) is 4.56. The number of hydrogen-bond acceptors (Lipinski definition) is 10. The molecule has 2 amide bonds. The van der Waals surface area contributed by atoms with Crippen molar-refractivity contribution in [3.05, 3.63) is 23.8 Å². The van der Waals surface area contributed by atoms with Crippen LogP contribution in [-0.4, -0.2) is 88.5 Å². The molecule has 0 aliphatic heterocycles. The highest BCUT2D eigenvalue weighted by atomic mass is 17.1. The molecule has 1 aromatic carbocycles. The Morgan fingerprint density at radius 3 is 2.44 bits per heavy atom. The molecule has 0 radical (unpaired) electrons. The molecule has 12 heteroatoms. The van der Waals surface area contributed by atoms with Crippen LogP contribution in [0.2, 0.25) is 0 Å². The van der Waals surface area contributed by atoms with E-state index < -0.39 is 11.5 Å². The van der Waals surface area contributed by atoms with E-state index in [2.05, 4.69) is 10.2 Å². The maximum atomic E-state index is 12.4. The van der Waals surface area contributed by atoms with Crippen LogP contribution in [0, 0.1) is 0 Å². The van der Waals surface area contributed by atoms with Crippen LogP contribution in [0.1, 0.15) is 50.9 Å². The fourth-order valence-corrected chi connectivity index (χ4v) is 2.95. The maximum absolute atomic E-state index is 12.4. The molecule has 0 spiro atoms. The quantitative estimate of drug-likeness (QED) is 0.154. The van der Waals surface area contributed by atoms with E-state index in [-0.39, 0.29) is 67.9 Å². The molecular formula is C22H35N3O9. The number of hydrogen-bond donors (Lipinski definition) is 4. The topological polar surface area (TPSA) is 158 Å². The number of aliphatic hydroxyl groups is 1. The molecular weight excluding hydrogens is 450 g/mol. The molecule has 0 bridgehead atoms. The molecule has 1 unspecified atom stereocenters. The van der Waals surface area contributed by atoms with Crippen molar-refractivity contribution in [2.24, 2.45) is 0 Å². The van der Waals surface area contributed by atoms with Gasteiger partial charge in [0.1, 0.15) is 25.1 Å². The minimum atomic E-state index is -1.05. The molecule has 12 nitrogen and oxygen atoms in total. The van der Waals surface area contributed by atoms with E-state index >= 15 is 0 Å². The van der Waals surface area contributed by atoms with Crippen molar-refractivity contribution in [3.63, 3.8) is 0 Å². The lowest BCUT2D eigenvalue weighted by Gasteiger charge is -2.29. The van der Waals surface area contributed by atoms with Crippen molar-refractivity contribution in [3.8, 4) is 5.75 Å². The Labute approximate surface area is 198 Å². The fraction of sp³-hybridized carbons (Fsp3) is 0.591. The molecule has 1 rings (SSSR count). The van der Waals surface area contributed by atoms with Crippen LogP contribution in [0.5, 0.6) is 5.75 Å². The maximum Gasteiger partial charge on any atom is 0.248 e. The van der Waals surface area contributed by atoms with Crippen molar-refractivity contribution in [1.82, 2.24) is 10.3 Å². The Hall–Kier alpha value is -2.61. The predicted molar refractivity (Wildman–Crippen MR) is 121 cm³/mol. The van der Waals surface area contributed by atoms with E-state index in [0.717, 1.165) is 0 Å². The van der Waals surface area contributed by atoms with Crippen molar-refractivity contribution in [2.75, 3.05) is 38.3 Å². The minimum absolute atomic E-state index is 0.0298. The van der Waals surface area contributed by atoms with Crippen LogP contribution < -0.4 is 10.1 Å². The first-order chi connectivity index (χ1) is 16.0. The molecule has 0 saturated heterocycles. The summed E-state index contributed by atoms with van der Waals surface area (Å²) in [6, 6.07) is 4.45. The lowest BCUT2D eigenvalue weighted by Crippen LogP contribution is -2.45. The van der Waals surface area contributed by atoms with Crippen molar-refractivity contribution in [2.45, 2.75) is 52.7 Å². The van der Waals surface area contributed by atoms with Crippen LogP contribution in [0.3, 0.4) is 0 Å². The SMILES string of the molecule is CCCC(=O)Nc1ccc(OCC(O)CN(C(=O)COCCON(O)O)C(C)C)c(C(C)=O)c1. The smallest absolute Gasteiger partial charge is 0.248 e. The summed E-state index contributed by atoms with van der Waals surface area (Å²) in [5.41, 5.74) is 0.738. The van der Waals surface area contributed by atoms with E-state index in [9.17, 15) is 19.5 Å². The van der Waals surface area contributed by atoms with Crippen LogP contribution in [0.4, 0.5) is 5.69 Å². The van der Waals surface area contributed by atoms with Gasteiger partial charge in [-0.05, 0) is 45.4 Å². The van der Waals surface area contributed by atoms with Crippen molar-refractivity contribution in [1.29, 1.82) is 0 Å². The van der Waals surface area contributed by atoms with Crippen molar-refractivity contribution < 1.29 is 44.2 Å². The molecule has 192 valence electrons. The summed E-state index contributed by atoms with van der Waals surface area (Å²) >= 11 is 0. The molecule has 1 aromatic rings. The highest BCUT2D eigenvalue weighted by Gasteiger charge is 2.21. The van der Waals surface area contributed by atoms with Gasteiger partial charge < -0.3 is 24.8 Å². The van der Waals surface area contributed by atoms with Crippen molar-refractivity contribution >= 4 is 23.3 Å². The second-order valence-corrected chi connectivity index (χ2v) is 7.81. The number of anilines is 1. The van der Waals surface area contributed by atoms with Gasteiger partial charge in [0.25, 0.3) is 0 Å². The number of ketones is 1. The number of rotatable bonds is 16. The minimum Gasteiger partial charge on any atom is -0.490 e. The summed E-state index contributed by atoms with van der Waals surface area (Å²) in [6.07, 6.45) is 0.0246. The zero-order valence-electron chi connectivity index (χ0n) is 20.0. The van der Waals surface area contributed by atoms with Gasteiger partial charge in [-0.3, -0.25) is 24.8 Å². The van der Waals surface area contributed by atoms with E-state index in [1.165, 1.54) is 17.9 Å². The number of amides is 2. The van der Waals surface area contributed by atoms with Crippen LogP contribution in [-0.2, 0) is 19.2 Å². The normalized spacial score (nSPS) is 12.0. The summed E-state index contributed by atoms with van der Waals surface area (Å²) in [4.78, 5) is 42.0. The summed E-state index contributed by atoms with van der Waals surface area (Å²) in [7, 11) is 0. The van der Waals surface area contributed by atoms with Crippen LogP contribution >= 0.6 is 0 Å². The van der Waals surface area contributed by atoms with Gasteiger partial charge in [-0.15, -0.1) is 0 Å². The first-order valence-electron chi connectivity index (χ1n) is 11.0. The lowest BCUT2D eigenvalue weighted by molar-refractivity contribution is -0.493. The summed E-state index contributed by atoms with van der Waals surface area (Å²) in [5.74, 6) is -0.537. The van der Waals surface area contributed by atoms with Crippen LogP contribution in [0.15, 0.2) is 18.2 Å². The number of nitrogens with one attached hydrogen (secondary N) is 1. The highest BCUT2D eigenvalue weighted by molar-refractivity contribution is 5.99. The lowest BCUT2D eigenvalue weighted by atomic mass is 10.1. The molecule has 0 saturated carbocycles. The Kier molecular flexibility index (Phi) is 13.3. The monoisotopic (exact) mass is 485 g/mol. The number of nitrogens with zero attached hydrogens (tertiary/aromatic N) is 2. The molecule has 4 N–H and O–H groups in total. The first-order valence-corrected chi connectivity index (χ1v) is 11.0. The molecule has 0 aliphatic carbocycles. The van der Waals surface area contributed by atoms with E-state index in [0.29, 0.717) is 18.5 Å². The van der Waals surface area contributed by atoms with Gasteiger partial charge in [0.2, 0.25) is 11.8 Å². The first kappa shape index (κ1) is 29.4. The number of ether oxygens (including phenoxy) is 2. The summed E-state index contributed by atoms with van der Waals surface area (Å²) in [6.45, 7) is 6.12. The van der Waals surface area contributed by atoms with Gasteiger partial charge >= 0.3 is 0 Å². The number of carbonyl (C=O) groups excluding carboxylic acids is 3. The number of benzene rings is 1. The standard InChI is InChI=1S/C22H35N3O9/c1-5-6-21(28)23-17-7-8-20(19(11-17)16(4)26)33-13-18(27)12-24(15(2)3)22(29)14-32-9-10-34-25(30)31/h7-8,11,15,18,27,30-31H,5-6,9-10,12-14H2,1-4H3,(H,23,28). The molecule has 0 heterocycles. The zero-order chi connectivity index (χ0) is 25.7. The molecule has 0 aliphatic rings. The molecule has 34 heavy (non-hydrogen) atoms. The third kappa shape index (κ3) is 11.0. The van der Waals surface area contributed by atoms with Gasteiger partial charge in [-0.25, -0.2) is 4.84 Å². The van der Waals surface area contributed by atoms with Gasteiger partial charge in [0.15, 0.2) is 5.78 Å². The fourth-order valence-electron chi connectivity index (χ4n) is 2.95.